The molecule has 0 radical (unpaired) electrons. The number of benzene rings is 1. The van der Waals surface area contributed by atoms with E-state index < -0.39 is 6.09 Å². The van der Waals surface area contributed by atoms with Crippen LogP contribution in [0.1, 0.15) is 24.8 Å². The molecule has 20 heavy (non-hydrogen) atoms. The summed E-state index contributed by atoms with van der Waals surface area (Å²) in [6, 6.07) is 9.41. The van der Waals surface area contributed by atoms with Crippen LogP contribution in [0.25, 0.3) is 0 Å². The van der Waals surface area contributed by atoms with Gasteiger partial charge in [-0.1, -0.05) is 30.3 Å². The molecule has 0 bridgehead atoms. The molecule has 2 rings (SSSR count). The number of nitrogens with zero attached hydrogens (tertiary/aromatic N) is 1. The van der Waals surface area contributed by atoms with Crippen molar-refractivity contribution in [2.45, 2.75) is 31.7 Å². The number of imide groups is 1. The van der Waals surface area contributed by atoms with Crippen molar-refractivity contribution in [2.24, 2.45) is 0 Å². The first-order valence-corrected chi connectivity index (χ1v) is 6.68. The van der Waals surface area contributed by atoms with Crippen LogP contribution in [0.3, 0.4) is 0 Å². The number of amides is 2. The fourth-order valence-electron chi connectivity index (χ4n) is 2.26. The van der Waals surface area contributed by atoms with Crippen molar-refractivity contribution >= 4 is 18.3 Å². The maximum atomic E-state index is 12.0. The Hall–Kier alpha value is -2.17. The van der Waals surface area contributed by atoms with Crippen LogP contribution in [0.2, 0.25) is 0 Å². The molecule has 0 aliphatic carbocycles. The standard InChI is InChI=1S/C15H17NO4/c17-9-5-4-8-14(18)16-13(11-20-15(16)19)10-12-6-2-1-3-7-12/h1-3,6-7,9,13H,4-5,8,10-11H2. The number of unbranched alkanes of at least 4 members (excludes halogenated alkanes) is 1. The Morgan fingerprint density at radius 1 is 1.35 bits per heavy atom. The molecule has 106 valence electrons. The van der Waals surface area contributed by atoms with Gasteiger partial charge in [-0.15, -0.1) is 0 Å². The maximum absolute atomic E-state index is 12.0. The molecule has 1 unspecified atom stereocenters. The highest BCUT2D eigenvalue weighted by molar-refractivity contribution is 5.93. The fourth-order valence-corrected chi connectivity index (χ4v) is 2.26. The van der Waals surface area contributed by atoms with E-state index in [0.29, 0.717) is 19.3 Å². The van der Waals surface area contributed by atoms with E-state index in [1.54, 1.807) is 0 Å². The number of aldehydes is 1. The summed E-state index contributed by atoms with van der Waals surface area (Å²) < 4.78 is 4.97. The van der Waals surface area contributed by atoms with E-state index in [2.05, 4.69) is 0 Å². The van der Waals surface area contributed by atoms with Crippen molar-refractivity contribution in [1.29, 1.82) is 0 Å². The van der Waals surface area contributed by atoms with Crippen LogP contribution in [-0.4, -0.2) is 35.8 Å². The molecule has 1 aromatic rings. The predicted molar refractivity (Wildman–Crippen MR) is 72.0 cm³/mol. The maximum Gasteiger partial charge on any atom is 0.416 e. The van der Waals surface area contributed by atoms with Gasteiger partial charge in [-0.25, -0.2) is 9.69 Å². The molecule has 2 amide bonds. The summed E-state index contributed by atoms with van der Waals surface area (Å²) in [4.78, 5) is 35.2. The average Bonchev–Trinajstić information content (AvgIpc) is 2.81. The smallest absolute Gasteiger partial charge is 0.416 e. The predicted octanol–water partition coefficient (Wildman–Crippen LogP) is 1.95. The fraction of sp³-hybridized carbons (Fsp3) is 0.400. The lowest BCUT2D eigenvalue weighted by Crippen LogP contribution is -2.40. The largest absolute Gasteiger partial charge is 0.447 e. The summed E-state index contributed by atoms with van der Waals surface area (Å²) in [5.41, 5.74) is 1.06. The lowest BCUT2D eigenvalue weighted by Gasteiger charge is -2.19. The zero-order valence-electron chi connectivity index (χ0n) is 11.2. The van der Waals surface area contributed by atoms with Gasteiger partial charge < -0.3 is 9.53 Å². The van der Waals surface area contributed by atoms with Crippen molar-refractivity contribution in [3.63, 3.8) is 0 Å². The lowest BCUT2D eigenvalue weighted by atomic mass is 10.1. The van der Waals surface area contributed by atoms with E-state index in [-0.39, 0.29) is 25.0 Å². The van der Waals surface area contributed by atoms with Crippen LogP contribution in [0.4, 0.5) is 4.79 Å². The Bertz CT molecular complexity index is 486. The molecule has 5 nitrogen and oxygen atoms in total. The summed E-state index contributed by atoms with van der Waals surface area (Å²) in [5.74, 6) is -0.268. The van der Waals surface area contributed by atoms with Crippen LogP contribution in [0, 0.1) is 0 Å². The molecule has 1 aliphatic heterocycles. The van der Waals surface area contributed by atoms with Gasteiger partial charge in [0, 0.05) is 12.8 Å². The summed E-state index contributed by atoms with van der Waals surface area (Å²) in [7, 11) is 0. The van der Waals surface area contributed by atoms with Gasteiger partial charge in [0.15, 0.2) is 0 Å². The van der Waals surface area contributed by atoms with Gasteiger partial charge >= 0.3 is 6.09 Å². The van der Waals surface area contributed by atoms with Crippen LogP contribution >= 0.6 is 0 Å². The normalized spacial score (nSPS) is 17.9. The quantitative estimate of drug-likeness (QED) is 0.588. The van der Waals surface area contributed by atoms with E-state index >= 15 is 0 Å². The minimum atomic E-state index is -0.581. The third-order valence-corrected chi connectivity index (χ3v) is 3.26. The monoisotopic (exact) mass is 275 g/mol. The zero-order valence-corrected chi connectivity index (χ0v) is 11.2. The number of hydrogen-bond donors (Lipinski definition) is 0. The number of carbonyl (C=O) groups excluding carboxylic acids is 3. The molecular weight excluding hydrogens is 258 g/mol. The molecule has 0 N–H and O–H groups in total. The van der Waals surface area contributed by atoms with Gasteiger partial charge in [0.25, 0.3) is 0 Å². The van der Waals surface area contributed by atoms with Gasteiger partial charge in [-0.05, 0) is 18.4 Å². The van der Waals surface area contributed by atoms with E-state index in [1.807, 2.05) is 30.3 Å². The molecule has 0 aromatic heterocycles. The van der Waals surface area contributed by atoms with Gasteiger partial charge in [-0.3, -0.25) is 4.79 Å². The first kappa shape index (κ1) is 14.2. The summed E-state index contributed by atoms with van der Waals surface area (Å²) in [6.07, 6.45) is 1.77. The Labute approximate surface area is 117 Å². The highest BCUT2D eigenvalue weighted by Gasteiger charge is 2.37. The molecule has 1 heterocycles. The first-order valence-electron chi connectivity index (χ1n) is 6.68. The van der Waals surface area contributed by atoms with Crippen molar-refractivity contribution in [3.8, 4) is 0 Å². The number of rotatable bonds is 6. The Kier molecular flexibility index (Phi) is 4.87. The minimum Gasteiger partial charge on any atom is -0.447 e. The lowest BCUT2D eigenvalue weighted by molar-refractivity contribution is -0.129. The van der Waals surface area contributed by atoms with E-state index in [9.17, 15) is 14.4 Å². The van der Waals surface area contributed by atoms with Crippen LogP contribution in [-0.2, 0) is 20.7 Å². The first-order chi connectivity index (χ1) is 9.72. The molecule has 1 aromatic carbocycles. The van der Waals surface area contributed by atoms with Gasteiger partial charge in [-0.2, -0.15) is 0 Å². The van der Waals surface area contributed by atoms with Crippen LogP contribution in [0.15, 0.2) is 30.3 Å². The van der Waals surface area contributed by atoms with Crippen molar-refractivity contribution in [1.82, 2.24) is 4.90 Å². The molecule has 1 atom stereocenters. The molecule has 1 aliphatic rings. The average molecular weight is 275 g/mol. The van der Waals surface area contributed by atoms with Gasteiger partial charge in [0.2, 0.25) is 5.91 Å². The number of cyclic esters (lactones) is 1. The third kappa shape index (κ3) is 3.44. The molecular formula is C15H17NO4. The SMILES string of the molecule is O=CCCCC(=O)N1C(=O)OCC1Cc1ccccc1. The molecule has 0 saturated carbocycles. The number of ether oxygens (including phenoxy) is 1. The molecule has 5 heteroatoms. The summed E-state index contributed by atoms with van der Waals surface area (Å²) in [5, 5.41) is 0. The van der Waals surface area contributed by atoms with Crippen LogP contribution in [0.5, 0.6) is 0 Å². The highest BCUT2D eigenvalue weighted by atomic mass is 16.6. The van der Waals surface area contributed by atoms with Gasteiger partial charge in [0.1, 0.15) is 12.9 Å². The molecule has 1 fully saturated rings. The molecule has 0 spiro atoms. The minimum absolute atomic E-state index is 0.194. The summed E-state index contributed by atoms with van der Waals surface area (Å²) in [6.45, 7) is 0.229. The second-order valence-corrected chi connectivity index (χ2v) is 4.74. The van der Waals surface area contributed by atoms with Crippen molar-refractivity contribution in [3.05, 3.63) is 35.9 Å². The summed E-state index contributed by atoms with van der Waals surface area (Å²) >= 11 is 0. The number of hydrogen-bond acceptors (Lipinski definition) is 4. The van der Waals surface area contributed by atoms with E-state index in [4.69, 9.17) is 4.74 Å². The Morgan fingerprint density at radius 2 is 2.10 bits per heavy atom. The zero-order chi connectivity index (χ0) is 14.4. The second-order valence-electron chi connectivity index (χ2n) is 4.74. The van der Waals surface area contributed by atoms with Gasteiger partial charge in [0.05, 0.1) is 6.04 Å². The Morgan fingerprint density at radius 3 is 2.80 bits per heavy atom. The van der Waals surface area contributed by atoms with Crippen LogP contribution < -0.4 is 0 Å². The Balaban J connectivity index is 1.99. The molecule has 1 saturated heterocycles. The van der Waals surface area contributed by atoms with Crippen molar-refractivity contribution in [2.75, 3.05) is 6.61 Å². The van der Waals surface area contributed by atoms with Crippen molar-refractivity contribution < 1.29 is 19.1 Å². The van der Waals surface area contributed by atoms with E-state index in [0.717, 1.165) is 11.8 Å². The number of carbonyl (C=O) groups is 3. The highest BCUT2D eigenvalue weighted by Crippen LogP contribution is 2.19. The second kappa shape index (κ2) is 6.84. The third-order valence-electron chi connectivity index (χ3n) is 3.26. The topological polar surface area (TPSA) is 63.7 Å². The van der Waals surface area contributed by atoms with E-state index in [1.165, 1.54) is 4.90 Å².